The van der Waals surface area contributed by atoms with E-state index in [-0.39, 0.29) is 0 Å². The minimum atomic E-state index is 0.514. The number of hydrogen-bond acceptors (Lipinski definition) is 2. The van der Waals surface area contributed by atoms with Crippen molar-refractivity contribution in [2.24, 2.45) is 0 Å². The van der Waals surface area contributed by atoms with Crippen LogP contribution < -0.4 is 5.32 Å². The molecule has 0 saturated heterocycles. The van der Waals surface area contributed by atoms with Crippen LogP contribution in [0.3, 0.4) is 0 Å². The maximum atomic E-state index is 5.35. The Kier molecular flexibility index (Phi) is 5.12. The summed E-state index contributed by atoms with van der Waals surface area (Å²) in [7, 11) is 0. The second kappa shape index (κ2) is 6.13. The van der Waals surface area contributed by atoms with Gasteiger partial charge in [-0.3, -0.25) is 0 Å². The van der Waals surface area contributed by atoms with Crippen LogP contribution >= 0.6 is 15.9 Å². The van der Waals surface area contributed by atoms with Crippen LogP contribution in [-0.4, -0.2) is 12.6 Å². The van der Waals surface area contributed by atoms with Crippen LogP contribution in [0.15, 0.2) is 26.8 Å². The predicted octanol–water partition coefficient (Wildman–Crippen LogP) is 3.83. The second-order valence-corrected chi connectivity index (χ2v) is 4.68. The fourth-order valence-electron chi connectivity index (χ4n) is 1.21. The van der Waals surface area contributed by atoms with Gasteiger partial charge in [-0.15, -0.1) is 0 Å². The molecule has 0 fully saturated rings. The van der Waals surface area contributed by atoms with Crippen LogP contribution in [0.5, 0.6) is 0 Å². The van der Waals surface area contributed by atoms with Crippen LogP contribution in [0.4, 0.5) is 0 Å². The second-order valence-electron chi connectivity index (χ2n) is 3.82. The zero-order chi connectivity index (χ0) is 11.3. The van der Waals surface area contributed by atoms with Crippen molar-refractivity contribution in [2.45, 2.75) is 33.2 Å². The van der Waals surface area contributed by atoms with Gasteiger partial charge in [0.05, 0.1) is 10.7 Å². The highest BCUT2D eigenvalue weighted by Gasteiger charge is 2.02. The molecule has 0 saturated carbocycles. The number of nitrogens with one attached hydrogen (secondary N) is 1. The number of furan rings is 1. The fraction of sp³-hybridized carbons (Fsp3) is 0.500. The van der Waals surface area contributed by atoms with Gasteiger partial charge in [-0.25, -0.2) is 0 Å². The monoisotopic (exact) mass is 271 g/mol. The van der Waals surface area contributed by atoms with E-state index in [1.165, 1.54) is 5.57 Å². The van der Waals surface area contributed by atoms with Gasteiger partial charge in [0, 0.05) is 12.6 Å². The summed E-state index contributed by atoms with van der Waals surface area (Å²) in [5, 5.41) is 3.40. The lowest BCUT2D eigenvalue weighted by Crippen LogP contribution is -2.24. The normalized spacial score (nSPS) is 12.5. The third kappa shape index (κ3) is 4.22. The smallest absolute Gasteiger partial charge is 0.140 e. The Balaban J connectivity index is 2.65. The van der Waals surface area contributed by atoms with E-state index >= 15 is 0 Å². The topological polar surface area (TPSA) is 25.2 Å². The highest BCUT2D eigenvalue weighted by molar-refractivity contribution is 9.10. The average molecular weight is 272 g/mol. The largest absolute Gasteiger partial charge is 0.464 e. The highest BCUT2D eigenvalue weighted by atomic mass is 79.9. The van der Waals surface area contributed by atoms with E-state index in [1.54, 1.807) is 6.26 Å². The van der Waals surface area contributed by atoms with Crippen molar-refractivity contribution in [2.75, 3.05) is 6.54 Å². The molecule has 0 radical (unpaired) electrons. The summed E-state index contributed by atoms with van der Waals surface area (Å²) < 4.78 is 6.36. The molecule has 2 nitrogen and oxygen atoms in total. The molecule has 1 heterocycles. The van der Waals surface area contributed by atoms with Crippen LogP contribution in [0, 0.1) is 0 Å². The van der Waals surface area contributed by atoms with Crippen molar-refractivity contribution < 1.29 is 4.42 Å². The van der Waals surface area contributed by atoms with Gasteiger partial charge in [-0.05, 0) is 34.5 Å². The fourth-order valence-corrected chi connectivity index (χ4v) is 1.52. The zero-order valence-electron chi connectivity index (χ0n) is 9.51. The minimum Gasteiger partial charge on any atom is -0.464 e. The van der Waals surface area contributed by atoms with Crippen molar-refractivity contribution in [1.29, 1.82) is 0 Å². The first-order valence-electron chi connectivity index (χ1n) is 5.29. The molecule has 0 bridgehead atoms. The first-order chi connectivity index (χ1) is 7.13. The molecule has 0 spiro atoms. The van der Waals surface area contributed by atoms with Crippen molar-refractivity contribution >= 4 is 22.0 Å². The van der Waals surface area contributed by atoms with Crippen LogP contribution in [-0.2, 0) is 0 Å². The molecule has 1 rings (SSSR count). The van der Waals surface area contributed by atoms with Gasteiger partial charge in [-0.2, -0.15) is 0 Å². The van der Waals surface area contributed by atoms with Crippen molar-refractivity contribution in [3.05, 3.63) is 28.1 Å². The lowest BCUT2D eigenvalue weighted by Gasteiger charge is -2.09. The first kappa shape index (κ1) is 12.5. The summed E-state index contributed by atoms with van der Waals surface area (Å²) in [6, 6.07) is 2.43. The van der Waals surface area contributed by atoms with E-state index < -0.39 is 0 Å². The molecule has 0 atom stereocenters. The molecule has 0 aliphatic rings. The summed E-state index contributed by atoms with van der Waals surface area (Å²) in [5.74, 6) is 0.900. The molecule has 3 heteroatoms. The Hall–Kier alpha value is -0.540. The predicted molar refractivity (Wildman–Crippen MR) is 67.8 cm³/mol. The Morgan fingerprint density at radius 1 is 1.60 bits per heavy atom. The highest BCUT2D eigenvalue weighted by Crippen LogP contribution is 2.21. The molecule has 84 valence electrons. The van der Waals surface area contributed by atoms with Gasteiger partial charge in [0.1, 0.15) is 5.76 Å². The average Bonchev–Trinajstić information content (AvgIpc) is 2.58. The van der Waals surface area contributed by atoms with E-state index in [4.69, 9.17) is 4.42 Å². The van der Waals surface area contributed by atoms with Crippen molar-refractivity contribution in [3.63, 3.8) is 0 Å². The SMILES string of the molecule is CC/C(=C/c1occc1Br)CNC(C)C. The van der Waals surface area contributed by atoms with Crippen molar-refractivity contribution in [3.8, 4) is 0 Å². The molecule has 0 amide bonds. The summed E-state index contributed by atoms with van der Waals surface area (Å²) in [5.41, 5.74) is 1.35. The maximum absolute atomic E-state index is 5.35. The number of hydrogen-bond donors (Lipinski definition) is 1. The van der Waals surface area contributed by atoms with E-state index in [9.17, 15) is 0 Å². The molecule has 0 aromatic carbocycles. The molecule has 0 aliphatic carbocycles. The summed E-state index contributed by atoms with van der Waals surface area (Å²) in [4.78, 5) is 0. The summed E-state index contributed by atoms with van der Waals surface area (Å²) in [6.45, 7) is 7.37. The summed E-state index contributed by atoms with van der Waals surface area (Å²) in [6.07, 6.45) is 4.82. The Bertz CT molecular complexity index is 328. The Morgan fingerprint density at radius 2 is 2.33 bits per heavy atom. The number of rotatable bonds is 5. The quantitative estimate of drug-likeness (QED) is 0.881. The molecule has 1 N–H and O–H groups in total. The van der Waals surface area contributed by atoms with Crippen LogP contribution in [0.1, 0.15) is 33.0 Å². The van der Waals surface area contributed by atoms with E-state index in [0.29, 0.717) is 6.04 Å². The lowest BCUT2D eigenvalue weighted by atomic mass is 10.1. The van der Waals surface area contributed by atoms with Gasteiger partial charge in [0.2, 0.25) is 0 Å². The Morgan fingerprint density at radius 3 is 2.80 bits per heavy atom. The third-order valence-electron chi connectivity index (χ3n) is 2.17. The molecule has 15 heavy (non-hydrogen) atoms. The van der Waals surface area contributed by atoms with Crippen LogP contribution in [0.2, 0.25) is 0 Å². The van der Waals surface area contributed by atoms with Crippen molar-refractivity contribution in [1.82, 2.24) is 5.32 Å². The third-order valence-corrected chi connectivity index (χ3v) is 2.83. The minimum absolute atomic E-state index is 0.514. The molecule has 1 aromatic rings. The zero-order valence-corrected chi connectivity index (χ0v) is 11.1. The molecule has 0 aliphatic heterocycles. The van der Waals surface area contributed by atoms with Gasteiger partial charge in [0.25, 0.3) is 0 Å². The molecule has 1 aromatic heterocycles. The standard InChI is InChI=1S/C12H18BrNO/c1-4-10(8-14-9(2)3)7-12-11(13)5-6-15-12/h5-7,9,14H,4,8H2,1-3H3/b10-7-. The van der Waals surface area contributed by atoms with Gasteiger partial charge < -0.3 is 9.73 Å². The maximum Gasteiger partial charge on any atom is 0.140 e. The van der Waals surface area contributed by atoms with E-state index in [2.05, 4.69) is 48.1 Å². The van der Waals surface area contributed by atoms with Gasteiger partial charge in [0.15, 0.2) is 0 Å². The number of halogens is 1. The van der Waals surface area contributed by atoms with E-state index in [0.717, 1.165) is 23.2 Å². The molecular formula is C12H18BrNO. The summed E-state index contributed by atoms with van der Waals surface area (Å²) >= 11 is 3.45. The van der Waals surface area contributed by atoms with Gasteiger partial charge in [-0.1, -0.05) is 26.3 Å². The van der Waals surface area contributed by atoms with Gasteiger partial charge >= 0.3 is 0 Å². The Labute approximate surface area is 99.9 Å². The lowest BCUT2D eigenvalue weighted by molar-refractivity contribution is 0.553. The van der Waals surface area contributed by atoms with E-state index in [1.807, 2.05) is 6.07 Å². The molecular weight excluding hydrogens is 254 g/mol. The first-order valence-corrected chi connectivity index (χ1v) is 6.08. The van der Waals surface area contributed by atoms with Crippen LogP contribution in [0.25, 0.3) is 6.08 Å². The molecule has 0 unspecified atom stereocenters.